The van der Waals surface area contributed by atoms with Crippen molar-refractivity contribution in [1.82, 2.24) is 15.5 Å². The van der Waals surface area contributed by atoms with Crippen LogP contribution in [0.15, 0.2) is 36.4 Å². The summed E-state index contributed by atoms with van der Waals surface area (Å²) < 4.78 is 48.1. The molecule has 0 spiro atoms. The van der Waals surface area contributed by atoms with E-state index in [9.17, 15) is 69.6 Å². The van der Waals surface area contributed by atoms with E-state index in [2.05, 4.69) is 10.6 Å². The van der Waals surface area contributed by atoms with Crippen LogP contribution in [0.1, 0.15) is 38.3 Å². The molecule has 2 aliphatic heterocycles. The van der Waals surface area contributed by atoms with Crippen LogP contribution in [-0.4, -0.2) is 242 Å². The first kappa shape index (κ1) is 59.0. The highest BCUT2D eigenvalue weighted by atomic mass is 16.7. The summed E-state index contributed by atoms with van der Waals surface area (Å²) >= 11 is 0. The number of amides is 2. The molecule has 0 bridgehead atoms. The SMILES string of the molecule is [B]C(=O)OCc1ccc(O[C@@H]2O[C@H](C(=O)O)[C@@H](O)[C@H](O)[C@H]2O)c(C(=O)NCCCOCCN(CCOCCO)CCOCCNC(=O)c2cc(COC([B])=O)ccc2O[C@@H]2O[C@H](C(=O)O)[C@@H](O)[C@H](O)[C@H]2O)c1. The number of hydrogen-bond acceptors (Lipinski definition) is 23. The Morgan fingerprint density at radius 2 is 0.972 bits per heavy atom. The van der Waals surface area contributed by atoms with Gasteiger partial charge in [-0.15, -0.1) is 0 Å². The number of carboxylic acid groups (broad SMARTS) is 2. The molecule has 29 heteroatoms. The van der Waals surface area contributed by atoms with Gasteiger partial charge in [0.25, 0.3) is 11.8 Å². The van der Waals surface area contributed by atoms with Gasteiger partial charge in [-0.05, 0) is 41.8 Å². The Labute approximate surface area is 413 Å². The first-order chi connectivity index (χ1) is 34.3. The van der Waals surface area contributed by atoms with E-state index in [1.54, 1.807) is 0 Å². The Bertz CT molecular complexity index is 2110. The molecule has 2 saturated heterocycles. The molecule has 0 aliphatic carbocycles. The fourth-order valence-electron chi connectivity index (χ4n) is 6.84. The van der Waals surface area contributed by atoms with Gasteiger partial charge in [0.2, 0.25) is 40.0 Å². The zero-order valence-corrected chi connectivity index (χ0v) is 38.6. The van der Waals surface area contributed by atoms with Crippen molar-refractivity contribution in [2.24, 2.45) is 0 Å². The third-order valence-electron chi connectivity index (χ3n) is 10.6. The van der Waals surface area contributed by atoms with Crippen molar-refractivity contribution in [3.05, 3.63) is 58.7 Å². The van der Waals surface area contributed by atoms with Gasteiger partial charge in [-0.3, -0.25) is 24.1 Å². The third-order valence-corrected chi connectivity index (χ3v) is 10.6. The summed E-state index contributed by atoms with van der Waals surface area (Å²) in [5, 5.41) is 94.6. The number of benzene rings is 2. The van der Waals surface area contributed by atoms with Crippen LogP contribution in [0.3, 0.4) is 0 Å². The lowest BCUT2D eigenvalue weighted by molar-refractivity contribution is -0.271. The van der Waals surface area contributed by atoms with Crippen molar-refractivity contribution in [3.8, 4) is 11.5 Å². The van der Waals surface area contributed by atoms with Crippen LogP contribution in [-0.2, 0) is 56.0 Å². The van der Waals surface area contributed by atoms with Crippen LogP contribution in [0.25, 0.3) is 0 Å². The maximum atomic E-state index is 13.4. The number of aliphatic hydroxyl groups excluding tert-OH is 7. The van der Waals surface area contributed by atoms with E-state index in [1.165, 1.54) is 36.4 Å². The van der Waals surface area contributed by atoms with Crippen LogP contribution < -0.4 is 20.1 Å². The van der Waals surface area contributed by atoms with E-state index in [0.717, 1.165) is 0 Å². The highest BCUT2D eigenvalue weighted by Gasteiger charge is 2.49. The summed E-state index contributed by atoms with van der Waals surface area (Å²) in [6, 6.07) is 7.86. The van der Waals surface area contributed by atoms with Gasteiger partial charge in [0.05, 0.1) is 50.8 Å². The minimum atomic E-state index is -1.98. The van der Waals surface area contributed by atoms with Gasteiger partial charge < -0.3 is 99.2 Å². The zero-order chi connectivity index (χ0) is 52.9. The van der Waals surface area contributed by atoms with E-state index in [-0.39, 0.29) is 95.2 Å². The molecule has 0 unspecified atom stereocenters. The number of ether oxygens (including phenoxy) is 9. The zero-order valence-electron chi connectivity index (χ0n) is 38.6. The lowest BCUT2D eigenvalue weighted by Crippen LogP contribution is -2.61. The van der Waals surface area contributed by atoms with Crippen LogP contribution >= 0.6 is 0 Å². The monoisotopic (exact) mass is 1020 g/mol. The molecular formula is C43H57B2N3O24. The topological polar surface area (TPSA) is 395 Å². The van der Waals surface area contributed by atoms with Crippen LogP contribution in [0, 0.1) is 0 Å². The molecule has 72 heavy (non-hydrogen) atoms. The molecule has 0 saturated carbocycles. The summed E-state index contributed by atoms with van der Waals surface area (Å²) in [7, 11) is 10.1. The number of carboxylic acids is 2. The first-order valence-electron chi connectivity index (χ1n) is 22.2. The van der Waals surface area contributed by atoms with Crippen molar-refractivity contribution in [2.45, 2.75) is 81.0 Å². The summed E-state index contributed by atoms with van der Waals surface area (Å²) in [5.41, 5.74) is 0.270. The predicted molar refractivity (Wildman–Crippen MR) is 240 cm³/mol. The van der Waals surface area contributed by atoms with Gasteiger partial charge in [0, 0.05) is 39.3 Å². The van der Waals surface area contributed by atoms with E-state index >= 15 is 0 Å². The summed E-state index contributed by atoms with van der Waals surface area (Å²) in [6.07, 6.45) is -19.0. The molecule has 4 radical (unpaired) electrons. The molecule has 2 aromatic carbocycles. The molecule has 0 aromatic heterocycles. The summed E-state index contributed by atoms with van der Waals surface area (Å²) in [4.78, 5) is 74.2. The Hall–Kier alpha value is -5.53. The number of rotatable bonds is 30. The molecule has 2 fully saturated rings. The average Bonchev–Trinajstić information content (AvgIpc) is 3.34. The standard InChI is InChI=1S/C43H57B2N3O24/c44-42(62)67-20-22-2-4-26(69-40-32(54)28(50)30(52)34(71-40)38(58)59)24(18-22)36(56)46-6-1-12-64-14-8-48(10-16-66-17-11-49)9-15-65-13-7-47-37(57)25-19-23(21-68-43(45)63)3-5-27(25)70-41-33(55)29(51)31(53)35(72-41)39(60)61/h2-5,18-19,28-35,40-41,49-55H,1,6-17,20-21H2,(H,46,56)(H,47,57)(H,58,59)(H,60,61)/t28-,29-,30-,31-,32+,33+,34-,35-,40+,41+/m0/s1. The maximum absolute atomic E-state index is 13.4. The number of hydrogen-bond donors (Lipinski definition) is 11. The molecule has 27 nitrogen and oxygen atoms in total. The molecule has 2 amide bonds. The molecule has 2 aliphatic rings. The molecular weight excluding hydrogens is 964 g/mol. The molecule has 2 aromatic rings. The second kappa shape index (κ2) is 29.9. The van der Waals surface area contributed by atoms with E-state index < -0.39 is 96.9 Å². The molecule has 2 heterocycles. The smallest absolute Gasteiger partial charge is 0.335 e. The van der Waals surface area contributed by atoms with Gasteiger partial charge in [0.1, 0.15) is 61.3 Å². The predicted octanol–water partition coefficient (Wildman–Crippen LogP) is -4.27. The second-order valence-electron chi connectivity index (χ2n) is 15.9. The van der Waals surface area contributed by atoms with Gasteiger partial charge >= 0.3 is 11.9 Å². The number of carbonyl (C=O) groups is 6. The normalized spacial score (nSPS) is 23.9. The quantitative estimate of drug-likeness (QED) is 0.0261. The van der Waals surface area contributed by atoms with Crippen LogP contribution in [0.5, 0.6) is 11.5 Å². The Morgan fingerprint density at radius 3 is 1.39 bits per heavy atom. The Kier molecular flexibility index (Phi) is 24.5. The third kappa shape index (κ3) is 18.2. The summed E-state index contributed by atoms with van der Waals surface area (Å²) in [6.45, 7) is 1.45. The maximum Gasteiger partial charge on any atom is 0.335 e. The number of nitrogens with zero attached hydrogens (tertiary/aromatic N) is 1. The minimum Gasteiger partial charge on any atom is -0.479 e. The first-order valence-corrected chi connectivity index (χ1v) is 22.2. The molecule has 10 atom stereocenters. The van der Waals surface area contributed by atoms with Gasteiger partial charge in [-0.2, -0.15) is 0 Å². The van der Waals surface area contributed by atoms with Crippen molar-refractivity contribution in [3.63, 3.8) is 0 Å². The van der Waals surface area contributed by atoms with E-state index in [0.29, 0.717) is 37.2 Å². The average molecular weight is 1020 g/mol. The summed E-state index contributed by atoms with van der Waals surface area (Å²) in [5.74, 6) is -7.33. The fourth-order valence-corrected chi connectivity index (χ4v) is 6.84. The number of aliphatic hydroxyl groups is 7. The Morgan fingerprint density at radius 1 is 0.556 bits per heavy atom. The van der Waals surface area contributed by atoms with E-state index in [4.69, 9.17) is 63.4 Å². The highest BCUT2D eigenvalue weighted by molar-refractivity contribution is 6.55. The van der Waals surface area contributed by atoms with Crippen LogP contribution in [0.2, 0.25) is 0 Å². The number of aliphatic carboxylic acids is 2. The lowest BCUT2D eigenvalue weighted by atomic mass is 9.99. The second-order valence-corrected chi connectivity index (χ2v) is 15.9. The highest BCUT2D eigenvalue weighted by Crippen LogP contribution is 2.30. The van der Waals surface area contributed by atoms with Crippen molar-refractivity contribution < 1.29 is 117 Å². The number of carbonyl (C=O) groups excluding carboxylic acids is 4. The fraction of sp³-hybridized carbons (Fsp3) is 0.581. The lowest BCUT2D eigenvalue weighted by Gasteiger charge is -2.38. The molecule has 11 N–H and O–H groups in total. The Balaban J connectivity index is 1.25. The molecule has 394 valence electrons. The van der Waals surface area contributed by atoms with Gasteiger partial charge in [-0.25, -0.2) is 9.59 Å². The molecule has 4 rings (SSSR count). The van der Waals surface area contributed by atoms with Crippen molar-refractivity contribution in [1.29, 1.82) is 0 Å². The van der Waals surface area contributed by atoms with Crippen LogP contribution in [0.4, 0.5) is 9.59 Å². The van der Waals surface area contributed by atoms with Crippen molar-refractivity contribution >= 4 is 51.2 Å². The largest absolute Gasteiger partial charge is 0.479 e. The minimum absolute atomic E-state index is 0.0200. The van der Waals surface area contributed by atoms with Crippen molar-refractivity contribution in [2.75, 3.05) is 79.0 Å². The van der Waals surface area contributed by atoms with E-state index in [1.807, 2.05) is 4.90 Å². The number of nitrogens with one attached hydrogen (secondary N) is 2. The van der Waals surface area contributed by atoms with Gasteiger partial charge in [-0.1, -0.05) is 12.1 Å². The van der Waals surface area contributed by atoms with Gasteiger partial charge in [0.15, 0.2) is 12.2 Å².